The molecule has 1 aliphatic rings. The monoisotopic (exact) mass is 292 g/mol. The van der Waals surface area contributed by atoms with Crippen molar-refractivity contribution in [3.05, 3.63) is 29.8 Å². The van der Waals surface area contributed by atoms with Crippen molar-refractivity contribution in [2.75, 3.05) is 20.6 Å². The molecule has 0 heterocycles. The maximum Gasteiger partial charge on any atom is 0.224 e. The number of hydrogen-bond donors (Lipinski definition) is 2. The number of carbonyl (C=O) groups excluding carboxylic acids is 1. The number of amides is 1. The van der Waals surface area contributed by atoms with Gasteiger partial charge in [0.05, 0.1) is 6.42 Å². The van der Waals surface area contributed by atoms with Crippen LogP contribution in [0.2, 0.25) is 0 Å². The van der Waals surface area contributed by atoms with E-state index in [1.54, 1.807) is 0 Å². The Morgan fingerprint density at radius 3 is 2.40 bits per heavy atom. The number of nitrogens with one attached hydrogen (secondary N) is 1. The van der Waals surface area contributed by atoms with Gasteiger partial charge in [-0.05, 0) is 44.6 Å². The molecule has 1 aromatic rings. The molecular weight excluding hydrogens is 268 g/mol. The minimum absolute atomic E-state index is 0.102. The smallest absolute Gasteiger partial charge is 0.224 e. The van der Waals surface area contributed by atoms with Gasteiger partial charge in [0.25, 0.3) is 0 Å². The molecule has 0 unspecified atom stereocenters. The van der Waals surface area contributed by atoms with Crippen LogP contribution >= 0.6 is 12.6 Å². The number of benzene rings is 1. The Labute approximate surface area is 127 Å². The van der Waals surface area contributed by atoms with Gasteiger partial charge < -0.3 is 10.2 Å². The summed E-state index contributed by atoms with van der Waals surface area (Å²) < 4.78 is 0. The highest BCUT2D eigenvalue weighted by Gasteiger charge is 2.35. The third-order valence-electron chi connectivity index (χ3n) is 4.40. The van der Waals surface area contributed by atoms with E-state index >= 15 is 0 Å². The standard InChI is InChI=1S/C16H24N2OS/c1-18(2)16(9-3-4-10-16)12-17-15(19)11-13-5-7-14(20)8-6-13/h5-8,20H,3-4,9-12H2,1-2H3,(H,17,19). The van der Waals surface area contributed by atoms with Gasteiger partial charge in [-0.15, -0.1) is 12.6 Å². The van der Waals surface area contributed by atoms with Crippen LogP contribution < -0.4 is 5.32 Å². The summed E-state index contributed by atoms with van der Waals surface area (Å²) in [6.07, 6.45) is 5.32. The van der Waals surface area contributed by atoms with Crippen molar-refractivity contribution >= 4 is 18.5 Å². The average molecular weight is 292 g/mol. The van der Waals surface area contributed by atoms with Crippen LogP contribution in [-0.2, 0) is 11.2 Å². The summed E-state index contributed by atoms with van der Waals surface area (Å²) in [7, 11) is 4.23. The lowest BCUT2D eigenvalue weighted by Crippen LogP contribution is -2.51. The fourth-order valence-electron chi connectivity index (χ4n) is 2.94. The fourth-order valence-corrected chi connectivity index (χ4v) is 3.09. The number of rotatable bonds is 5. The van der Waals surface area contributed by atoms with Crippen molar-refractivity contribution in [1.29, 1.82) is 0 Å². The van der Waals surface area contributed by atoms with Crippen LogP contribution in [0.3, 0.4) is 0 Å². The van der Waals surface area contributed by atoms with Crippen LogP contribution in [0.5, 0.6) is 0 Å². The summed E-state index contributed by atoms with van der Waals surface area (Å²) in [4.78, 5) is 15.3. The number of carbonyl (C=O) groups is 1. The number of likely N-dealkylation sites (N-methyl/N-ethyl adjacent to an activating group) is 1. The van der Waals surface area contributed by atoms with E-state index in [-0.39, 0.29) is 11.4 Å². The first-order valence-electron chi connectivity index (χ1n) is 7.24. The maximum atomic E-state index is 12.1. The molecule has 3 nitrogen and oxygen atoms in total. The van der Waals surface area contributed by atoms with Gasteiger partial charge in [0, 0.05) is 17.0 Å². The van der Waals surface area contributed by atoms with Gasteiger partial charge >= 0.3 is 0 Å². The molecule has 2 rings (SSSR count). The zero-order chi connectivity index (χ0) is 14.6. The quantitative estimate of drug-likeness (QED) is 0.817. The maximum absolute atomic E-state index is 12.1. The molecule has 0 saturated heterocycles. The lowest BCUT2D eigenvalue weighted by Gasteiger charge is -2.36. The molecule has 1 fully saturated rings. The Morgan fingerprint density at radius 1 is 1.25 bits per heavy atom. The third-order valence-corrected chi connectivity index (χ3v) is 4.70. The zero-order valence-corrected chi connectivity index (χ0v) is 13.2. The number of thiol groups is 1. The van der Waals surface area contributed by atoms with E-state index in [1.807, 2.05) is 24.3 Å². The molecule has 0 aliphatic heterocycles. The summed E-state index contributed by atoms with van der Waals surface area (Å²) in [6.45, 7) is 0.753. The highest BCUT2D eigenvalue weighted by molar-refractivity contribution is 7.80. The second-order valence-electron chi connectivity index (χ2n) is 5.95. The first kappa shape index (κ1) is 15.4. The number of hydrogen-bond acceptors (Lipinski definition) is 3. The molecule has 1 saturated carbocycles. The van der Waals surface area contributed by atoms with E-state index in [4.69, 9.17) is 0 Å². The summed E-state index contributed by atoms with van der Waals surface area (Å²) in [6, 6.07) is 7.76. The van der Waals surface area contributed by atoms with Gasteiger partial charge in [0.15, 0.2) is 0 Å². The third kappa shape index (κ3) is 3.76. The summed E-state index contributed by atoms with van der Waals surface area (Å²) in [5, 5.41) is 3.11. The molecule has 0 radical (unpaired) electrons. The summed E-state index contributed by atoms with van der Waals surface area (Å²) in [5.41, 5.74) is 1.19. The number of nitrogens with zero attached hydrogens (tertiary/aromatic N) is 1. The normalized spacial score (nSPS) is 17.4. The first-order chi connectivity index (χ1) is 9.52. The highest BCUT2D eigenvalue weighted by Crippen LogP contribution is 2.33. The molecule has 1 aromatic carbocycles. The van der Waals surface area contributed by atoms with E-state index in [2.05, 4.69) is 36.9 Å². The fraction of sp³-hybridized carbons (Fsp3) is 0.562. The van der Waals surface area contributed by atoms with Crippen LogP contribution in [0.25, 0.3) is 0 Å². The topological polar surface area (TPSA) is 32.3 Å². The zero-order valence-electron chi connectivity index (χ0n) is 12.4. The van der Waals surface area contributed by atoms with Crippen LogP contribution in [0.4, 0.5) is 0 Å². The van der Waals surface area contributed by atoms with Gasteiger partial charge in [-0.25, -0.2) is 0 Å². The van der Waals surface area contributed by atoms with Crippen molar-refractivity contribution in [3.8, 4) is 0 Å². The van der Waals surface area contributed by atoms with Crippen molar-refractivity contribution in [2.45, 2.75) is 42.5 Å². The molecule has 0 bridgehead atoms. The van der Waals surface area contributed by atoms with E-state index in [0.29, 0.717) is 6.42 Å². The van der Waals surface area contributed by atoms with Crippen molar-refractivity contribution in [1.82, 2.24) is 10.2 Å². The van der Waals surface area contributed by atoms with Gasteiger partial charge in [0.1, 0.15) is 0 Å². The van der Waals surface area contributed by atoms with Crippen LogP contribution in [0.15, 0.2) is 29.2 Å². The highest BCUT2D eigenvalue weighted by atomic mass is 32.1. The van der Waals surface area contributed by atoms with Crippen molar-refractivity contribution < 1.29 is 4.79 Å². The van der Waals surface area contributed by atoms with Gasteiger partial charge in [-0.1, -0.05) is 25.0 Å². The Hall–Kier alpha value is -1.00. The van der Waals surface area contributed by atoms with Crippen LogP contribution in [-0.4, -0.2) is 37.0 Å². The lowest BCUT2D eigenvalue weighted by atomic mass is 9.96. The van der Waals surface area contributed by atoms with Gasteiger partial charge in [-0.2, -0.15) is 0 Å². The van der Waals surface area contributed by atoms with E-state index < -0.39 is 0 Å². The van der Waals surface area contributed by atoms with Crippen LogP contribution in [0, 0.1) is 0 Å². The summed E-state index contributed by atoms with van der Waals surface area (Å²) >= 11 is 4.25. The molecule has 1 amide bonds. The Balaban J connectivity index is 1.87. The van der Waals surface area contributed by atoms with Crippen molar-refractivity contribution in [2.24, 2.45) is 0 Å². The molecule has 0 spiro atoms. The Bertz CT molecular complexity index is 450. The molecular formula is C16H24N2OS. The Morgan fingerprint density at radius 2 is 1.85 bits per heavy atom. The average Bonchev–Trinajstić information content (AvgIpc) is 2.89. The van der Waals surface area contributed by atoms with E-state index in [1.165, 1.54) is 25.7 Å². The minimum Gasteiger partial charge on any atom is -0.354 e. The SMILES string of the molecule is CN(C)C1(CNC(=O)Cc2ccc(S)cc2)CCCC1. The Kier molecular flexibility index (Phi) is 5.11. The molecule has 0 atom stereocenters. The molecule has 20 heavy (non-hydrogen) atoms. The van der Waals surface area contributed by atoms with E-state index in [9.17, 15) is 4.79 Å². The molecule has 1 aliphatic carbocycles. The van der Waals surface area contributed by atoms with E-state index in [0.717, 1.165) is 17.0 Å². The first-order valence-corrected chi connectivity index (χ1v) is 7.69. The predicted octanol–water partition coefficient (Wildman–Crippen LogP) is 2.51. The lowest BCUT2D eigenvalue weighted by molar-refractivity contribution is -0.121. The minimum atomic E-state index is 0.102. The largest absolute Gasteiger partial charge is 0.354 e. The second-order valence-corrected chi connectivity index (χ2v) is 6.46. The molecule has 0 aromatic heterocycles. The molecule has 1 N–H and O–H groups in total. The van der Waals surface area contributed by atoms with Crippen molar-refractivity contribution in [3.63, 3.8) is 0 Å². The summed E-state index contributed by atoms with van der Waals surface area (Å²) in [5.74, 6) is 0.102. The second kappa shape index (κ2) is 6.64. The van der Waals surface area contributed by atoms with Gasteiger partial charge in [-0.3, -0.25) is 4.79 Å². The molecule has 4 heteroatoms. The van der Waals surface area contributed by atoms with Gasteiger partial charge in [0.2, 0.25) is 5.91 Å². The molecule has 110 valence electrons. The predicted molar refractivity (Wildman–Crippen MR) is 85.3 cm³/mol. The van der Waals surface area contributed by atoms with Crippen LogP contribution in [0.1, 0.15) is 31.2 Å².